The summed E-state index contributed by atoms with van der Waals surface area (Å²) < 4.78 is 0. The molecule has 0 fully saturated rings. The molecule has 0 aliphatic rings. The van der Waals surface area contributed by atoms with Gasteiger partial charge < -0.3 is 10.0 Å². The average molecular weight is 291 g/mol. The van der Waals surface area contributed by atoms with Crippen molar-refractivity contribution in [3.05, 3.63) is 35.9 Å². The molecule has 0 aliphatic carbocycles. The molecule has 116 valence electrons. The van der Waals surface area contributed by atoms with Crippen LogP contribution in [-0.4, -0.2) is 35.5 Å². The Labute approximate surface area is 126 Å². The highest BCUT2D eigenvalue weighted by molar-refractivity contribution is 5.83. The van der Waals surface area contributed by atoms with E-state index in [9.17, 15) is 9.59 Å². The minimum Gasteiger partial charge on any atom is -0.481 e. The monoisotopic (exact) mass is 291 g/mol. The van der Waals surface area contributed by atoms with Crippen LogP contribution in [0.25, 0.3) is 0 Å². The van der Waals surface area contributed by atoms with Gasteiger partial charge in [0, 0.05) is 20.0 Å². The van der Waals surface area contributed by atoms with Crippen molar-refractivity contribution < 1.29 is 14.7 Å². The number of aliphatic carboxylic acids is 1. The lowest BCUT2D eigenvalue weighted by atomic mass is 9.84. The number of carboxylic acid groups (broad SMARTS) is 1. The van der Waals surface area contributed by atoms with Crippen molar-refractivity contribution in [3.8, 4) is 0 Å². The third kappa shape index (κ3) is 5.21. The van der Waals surface area contributed by atoms with Gasteiger partial charge in [-0.25, -0.2) is 0 Å². The number of nitrogens with zero attached hydrogens (tertiary/aromatic N) is 1. The Bertz CT molecular complexity index is 458. The summed E-state index contributed by atoms with van der Waals surface area (Å²) in [5.74, 6) is -0.661. The Morgan fingerprint density at radius 3 is 2.38 bits per heavy atom. The maximum Gasteiger partial charge on any atom is 0.303 e. The first-order valence-corrected chi connectivity index (χ1v) is 7.49. The first-order chi connectivity index (χ1) is 9.97. The number of hydrogen-bond acceptors (Lipinski definition) is 2. The molecular weight excluding hydrogens is 266 g/mol. The van der Waals surface area contributed by atoms with Gasteiger partial charge in [-0.3, -0.25) is 9.59 Å². The van der Waals surface area contributed by atoms with E-state index in [1.807, 2.05) is 30.3 Å². The molecule has 2 unspecified atom stereocenters. The second kappa shape index (κ2) is 8.45. The van der Waals surface area contributed by atoms with Gasteiger partial charge in [0.1, 0.15) is 0 Å². The Kier molecular flexibility index (Phi) is 6.92. The second-order valence-electron chi connectivity index (χ2n) is 5.53. The Morgan fingerprint density at radius 2 is 1.86 bits per heavy atom. The zero-order valence-corrected chi connectivity index (χ0v) is 13.1. The zero-order chi connectivity index (χ0) is 15.8. The average Bonchev–Trinajstić information content (AvgIpc) is 2.47. The van der Waals surface area contributed by atoms with Gasteiger partial charge in [0.15, 0.2) is 0 Å². The van der Waals surface area contributed by atoms with Gasteiger partial charge in [-0.15, -0.1) is 0 Å². The summed E-state index contributed by atoms with van der Waals surface area (Å²) in [5, 5.41) is 8.68. The summed E-state index contributed by atoms with van der Waals surface area (Å²) >= 11 is 0. The second-order valence-corrected chi connectivity index (χ2v) is 5.53. The van der Waals surface area contributed by atoms with Gasteiger partial charge in [-0.05, 0) is 17.9 Å². The number of benzene rings is 1. The fraction of sp³-hybridized carbons (Fsp3) is 0.529. The molecule has 1 amide bonds. The van der Waals surface area contributed by atoms with E-state index >= 15 is 0 Å². The normalized spacial score (nSPS) is 13.5. The largest absolute Gasteiger partial charge is 0.481 e. The van der Waals surface area contributed by atoms with Crippen molar-refractivity contribution >= 4 is 11.9 Å². The highest BCUT2D eigenvalue weighted by Gasteiger charge is 2.28. The summed E-state index contributed by atoms with van der Waals surface area (Å²) in [6.07, 6.45) is 1.50. The number of carbonyl (C=O) groups excluding carboxylic acids is 1. The van der Waals surface area contributed by atoms with E-state index < -0.39 is 5.97 Å². The van der Waals surface area contributed by atoms with Crippen LogP contribution >= 0.6 is 0 Å². The summed E-state index contributed by atoms with van der Waals surface area (Å²) in [5.41, 5.74) is 1.03. The van der Waals surface area contributed by atoms with Crippen LogP contribution in [0.5, 0.6) is 0 Å². The molecule has 1 aromatic rings. The van der Waals surface area contributed by atoms with Crippen molar-refractivity contribution in [3.63, 3.8) is 0 Å². The van der Waals surface area contributed by atoms with Gasteiger partial charge in [-0.2, -0.15) is 0 Å². The maximum absolute atomic E-state index is 12.7. The Morgan fingerprint density at radius 1 is 1.24 bits per heavy atom. The molecule has 1 rings (SSSR count). The molecule has 0 saturated heterocycles. The van der Waals surface area contributed by atoms with Crippen LogP contribution in [0.3, 0.4) is 0 Å². The minimum atomic E-state index is -0.822. The zero-order valence-electron chi connectivity index (χ0n) is 13.1. The van der Waals surface area contributed by atoms with Gasteiger partial charge in [0.05, 0.1) is 5.92 Å². The summed E-state index contributed by atoms with van der Waals surface area (Å²) in [6, 6.07) is 9.81. The lowest BCUT2D eigenvalue weighted by Gasteiger charge is -2.28. The van der Waals surface area contributed by atoms with Gasteiger partial charge in [-0.1, -0.05) is 50.6 Å². The van der Waals surface area contributed by atoms with Gasteiger partial charge in [0.25, 0.3) is 0 Å². The predicted octanol–water partition coefficient (Wildman–Crippen LogP) is 3.14. The van der Waals surface area contributed by atoms with Crippen LogP contribution in [0.2, 0.25) is 0 Å². The first kappa shape index (κ1) is 17.2. The molecule has 0 aromatic heterocycles. The minimum absolute atomic E-state index is 0.0703. The third-order valence-electron chi connectivity index (χ3n) is 3.90. The number of carboxylic acids is 1. The van der Waals surface area contributed by atoms with Crippen LogP contribution in [0.1, 0.15) is 44.6 Å². The summed E-state index contributed by atoms with van der Waals surface area (Å²) in [7, 11) is 1.75. The van der Waals surface area contributed by atoms with E-state index in [1.165, 1.54) is 0 Å². The number of carbonyl (C=O) groups is 2. The predicted molar refractivity (Wildman–Crippen MR) is 83.1 cm³/mol. The van der Waals surface area contributed by atoms with Crippen LogP contribution in [0, 0.1) is 5.92 Å². The number of hydrogen-bond donors (Lipinski definition) is 1. The standard InChI is InChI=1S/C17H25NO3/c1-4-13(2)16(14-9-6-5-7-10-14)17(21)18(3)12-8-11-15(19)20/h5-7,9-10,13,16H,4,8,11-12H2,1-3H3,(H,19,20). The van der Waals surface area contributed by atoms with E-state index in [0.29, 0.717) is 13.0 Å². The van der Waals surface area contributed by atoms with Gasteiger partial charge >= 0.3 is 5.97 Å². The molecule has 4 heteroatoms. The van der Waals surface area contributed by atoms with Crippen molar-refractivity contribution in [2.45, 2.75) is 39.0 Å². The molecule has 0 radical (unpaired) electrons. The van der Waals surface area contributed by atoms with E-state index in [0.717, 1.165) is 12.0 Å². The highest BCUT2D eigenvalue weighted by Crippen LogP contribution is 2.28. The molecular formula is C17H25NO3. The fourth-order valence-corrected chi connectivity index (χ4v) is 2.43. The number of rotatable bonds is 8. The topological polar surface area (TPSA) is 57.6 Å². The molecule has 1 N–H and O–H groups in total. The molecule has 21 heavy (non-hydrogen) atoms. The molecule has 0 spiro atoms. The Balaban J connectivity index is 2.79. The van der Waals surface area contributed by atoms with E-state index in [-0.39, 0.29) is 24.2 Å². The number of likely N-dealkylation sites (N-methyl/N-ethyl adjacent to an activating group) is 1. The van der Waals surface area contributed by atoms with Gasteiger partial charge in [0.2, 0.25) is 5.91 Å². The van der Waals surface area contributed by atoms with E-state index in [4.69, 9.17) is 5.11 Å². The molecule has 0 saturated carbocycles. The Hall–Kier alpha value is -1.84. The molecule has 0 aliphatic heterocycles. The van der Waals surface area contributed by atoms with Crippen LogP contribution in [-0.2, 0) is 9.59 Å². The van der Waals surface area contributed by atoms with E-state index in [2.05, 4.69) is 13.8 Å². The fourth-order valence-electron chi connectivity index (χ4n) is 2.43. The van der Waals surface area contributed by atoms with Crippen LogP contribution < -0.4 is 0 Å². The van der Waals surface area contributed by atoms with Crippen molar-refractivity contribution in [1.82, 2.24) is 4.90 Å². The first-order valence-electron chi connectivity index (χ1n) is 7.49. The molecule has 4 nitrogen and oxygen atoms in total. The highest BCUT2D eigenvalue weighted by atomic mass is 16.4. The third-order valence-corrected chi connectivity index (χ3v) is 3.90. The van der Waals surface area contributed by atoms with Crippen LogP contribution in [0.15, 0.2) is 30.3 Å². The quantitative estimate of drug-likeness (QED) is 0.800. The van der Waals surface area contributed by atoms with E-state index in [1.54, 1.807) is 11.9 Å². The molecule has 1 aromatic carbocycles. The molecule has 0 bridgehead atoms. The molecule has 0 heterocycles. The van der Waals surface area contributed by atoms with Crippen molar-refractivity contribution in [1.29, 1.82) is 0 Å². The summed E-state index contributed by atoms with van der Waals surface area (Å²) in [4.78, 5) is 24.9. The molecule has 2 atom stereocenters. The lowest BCUT2D eigenvalue weighted by molar-refractivity contribution is -0.138. The smallest absolute Gasteiger partial charge is 0.303 e. The lowest BCUT2D eigenvalue weighted by Crippen LogP contribution is -2.35. The van der Waals surface area contributed by atoms with Crippen molar-refractivity contribution in [2.24, 2.45) is 5.92 Å². The maximum atomic E-state index is 12.7. The number of amides is 1. The SMILES string of the molecule is CCC(C)C(C(=O)N(C)CCCC(=O)O)c1ccccc1. The summed E-state index contributed by atoms with van der Waals surface area (Å²) in [6.45, 7) is 4.64. The van der Waals surface area contributed by atoms with Crippen LogP contribution in [0.4, 0.5) is 0 Å². The van der Waals surface area contributed by atoms with Crippen molar-refractivity contribution in [2.75, 3.05) is 13.6 Å².